The van der Waals surface area contributed by atoms with Gasteiger partial charge in [-0.2, -0.15) is 0 Å². The number of hydrogen-bond donors (Lipinski definition) is 1. The smallest absolute Gasteiger partial charge is 0.215 e. The van der Waals surface area contributed by atoms with E-state index < -0.39 is 10.0 Å². The molecule has 0 fully saturated rings. The first-order valence-corrected chi connectivity index (χ1v) is 8.63. The Morgan fingerprint density at radius 1 is 1.37 bits per heavy atom. The highest BCUT2D eigenvalue weighted by molar-refractivity contribution is 9.10. The van der Waals surface area contributed by atoms with Crippen molar-refractivity contribution in [3.63, 3.8) is 0 Å². The zero-order chi connectivity index (χ0) is 14.5. The topological polar surface area (TPSA) is 49.4 Å². The molecule has 0 unspecified atom stereocenters. The van der Waals surface area contributed by atoms with Gasteiger partial charge in [0.1, 0.15) is 0 Å². The quantitative estimate of drug-likeness (QED) is 0.821. The average Bonchev–Trinajstić information content (AvgIpc) is 2.28. The van der Waals surface area contributed by atoms with Crippen molar-refractivity contribution in [3.05, 3.63) is 34.3 Å². The summed E-state index contributed by atoms with van der Waals surface area (Å²) in [5.41, 5.74) is 0.970. The molecule has 6 heteroatoms. The molecule has 0 amide bonds. The van der Waals surface area contributed by atoms with Gasteiger partial charge in [0.15, 0.2) is 0 Å². The van der Waals surface area contributed by atoms with Crippen LogP contribution in [0.4, 0.5) is 0 Å². The summed E-state index contributed by atoms with van der Waals surface area (Å²) in [4.78, 5) is 0. The van der Waals surface area contributed by atoms with Gasteiger partial charge in [-0.15, -0.1) is 0 Å². The van der Waals surface area contributed by atoms with Crippen LogP contribution in [-0.2, 0) is 16.6 Å². The van der Waals surface area contributed by atoms with Crippen LogP contribution in [0, 0.1) is 0 Å². The first-order valence-electron chi connectivity index (χ1n) is 6.23. The SMILES string of the molecule is CC(C)NCCS(=O)(=O)N(C)Cc1cccc(Br)c1. The normalized spacial score (nSPS) is 12.3. The number of halogens is 1. The molecule has 0 spiro atoms. The van der Waals surface area contributed by atoms with Crippen molar-refractivity contribution in [2.45, 2.75) is 26.4 Å². The Morgan fingerprint density at radius 3 is 2.63 bits per heavy atom. The molecule has 1 aromatic carbocycles. The summed E-state index contributed by atoms with van der Waals surface area (Å²) in [6.45, 7) is 4.86. The van der Waals surface area contributed by atoms with E-state index in [1.54, 1.807) is 7.05 Å². The van der Waals surface area contributed by atoms with E-state index in [1.165, 1.54) is 4.31 Å². The van der Waals surface area contributed by atoms with Crippen molar-refractivity contribution in [1.82, 2.24) is 9.62 Å². The highest BCUT2D eigenvalue weighted by Gasteiger charge is 2.17. The van der Waals surface area contributed by atoms with Crippen molar-refractivity contribution in [2.24, 2.45) is 0 Å². The zero-order valence-corrected chi connectivity index (χ0v) is 14.0. The fourth-order valence-corrected chi connectivity index (χ4v) is 3.10. The molecule has 1 aromatic rings. The van der Waals surface area contributed by atoms with Gasteiger partial charge in [-0.1, -0.05) is 41.9 Å². The molecule has 0 saturated carbocycles. The van der Waals surface area contributed by atoms with Gasteiger partial charge in [0.25, 0.3) is 0 Å². The molecular formula is C13H21BrN2O2S. The molecule has 0 aliphatic rings. The average molecular weight is 349 g/mol. The second-order valence-corrected chi connectivity index (χ2v) is 7.92. The van der Waals surface area contributed by atoms with Crippen molar-refractivity contribution in [2.75, 3.05) is 19.3 Å². The number of sulfonamides is 1. The van der Waals surface area contributed by atoms with Gasteiger partial charge in [-0.25, -0.2) is 12.7 Å². The van der Waals surface area contributed by atoms with Gasteiger partial charge in [0.05, 0.1) is 5.75 Å². The molecule has 0 radical (unpaired) electrons. The summed E-state index contributed by atoms with van der Waals surface area (Å²) in [5.74, 6) is 0.121. The number of rotatable bonds is 7. The van der Waals surface area contributed by atoms with Crippen LogP contribution in [-0.4, -0.2) is 38.1 Å². The minimum absolute atomic E-state index is 0.121. The van der Waals surface area contributed by atoms with Gasteiger partial charge in [0.2, 0.25) is 10.0 Å². The van der Waals surface area contributed by atoms with Crippen LogP contribution in [0.5, 0.6) is 0 Å². The van der Waals surface area contributed by atoms with Crippen LogP contribution in [0.3, 0.4) is 0 Å². The molecule has 0 saturated heterocycles. The van der Waals surface area contributed by atoms with Crippen LogP contribution < -0.4 is 5.32 Å². The molecule has 108 valence electrons. The molecule has 0 heterocycles. The van der Waals surface area contributed by atoms with Crippen molar-refractivity contribution in [3.8, 4) is 0 Å². The van der Waals surface area contributed by atoms with Crippen molar-refractivity contribution in [1.29, 1.82) is 0 Å². The molecule has 1 N–H and O–H groups in total. The fraction of sp³-hybridized carbons (Fsp3) is 0.538. The fourth-order valence-electron chi connectivity index (χ4n) is 1.62. The molecular weight excluding hydrogens is 328 g/mol. The Balaban J connectivity index is 2.58. The van der Waals surface area contributed by atoms with Gasteiger partial charge in [-0.05, 0) is 17.7 Å². The lowest BCUT2D eigenvalue weighted by molar-refractivity contribution is 0.463. The van der Waals surface area contributed by atoms with Gasteiger partial charge < -0.3 is 5.32 Å². The summed E-state index contributed by atoms with van der Waals surface area (Å²) < 4.78 is 26.5. The number of hydrogen-bond acceptors (Lipinski definition) is 3. The first-order chi connectivity index (χ1) is 8.81. The maximum atomic E-state index is 12.1. The van der Waals surface area contributed by atoms with Crippen LogP contribution in [0.25, 0.3) is 0 Å². The second kappa shape index (κ2) is 7.38. The molecule has 0 atom stereocenters. The third kappa shape index (κ3) is 6.03. The lowest BCUT2D eigenvalue weighted by Gasteiger charge is -2.18. The molecule has 19 heavy (non-hydrogen) atoms. The lowest BCUT2D eigenvalue weighted by atomic mass is 10.2. The van der Waals surface area contributed by atoms with Gasteiger partial charge in [-0.3, -0.25) is 0 Å². The highest BCUT2D eigenvalue weighted by Crippen LogP contribution is 2.14. The lowest BCUT2D eigenvalue weighted by Crippen LogP contribution is -2.35. The predicted octanol–water partition coefficient (Wildman–Crippen LogP) is 2.21. The van der Waals surface area contributed by atoms with E-state index in [-0.39, 0.29) is 5.75 Å². The Morgan fingerprint density at radius 2 is 2.05 bits per heavy atom. The number of nitrogens with one attached hydrogen (secondary N) is 1. The van der Waals surface area contributed by atoms with Gasteiger partial charge >= 0.3 is 0 Å². The van der Waals surface area contributed by atoms with Crippen molar-refractivity contribution < 1.29 is 8.42 Å². The van der Waals surface area contributed by atoms with E-state index in [4.69, 9.17) is 0 Å². The molecule has 4 nitrogen and oxygen atoms in total. The zero-order valence-electron chi connectivity index (χ0n) is 11.6. The Labute approximate surface area is 124 Å². The molecule has 0 aliphatic carbocycles. The number of benzene rings is 1. The van der Waals surface area contributed by atoms with Crippen LogP contribution >= 0.6 is 15.9 Å². The second-order valence-electron chi connectivity index (χ2n) is 4.81. The summed E-state index contributed by atoms with van der Waals surface area (Å²) >= 11 is 3.38. The maximum absolute atomic E-state index is 12.1. The third-order valence-electron chi connectivity index (χ3n) is 2.68. The van der Waals surface area contributed by atoms with E-state index in [1.807, 2.05) is 38.1 Å². The van der Waals surface area contributed by atoms with Gasteiger partial charge in [0, 0.05) is 30.7 Å². The Hall–Kier alpha value is -0.430. The summed E-state index contributed by atoms with van der Waals surface area (Å²) in [5, 5.41) is 3.12. The van der Waals surface area contributed by atoms with E-state index in [2.05, 4.69) is 21.2 Å². The van der Waals surface area contributed by atoms with Crippen molar-refractivity contribution >= 4 is 26.0 Å². The Kier molecular flexibility index (Phi) is 6.46. The minimum atomic E-state index is -3.21. The molecule has 1 rings (SSSR count). The molecule has 0 bridgehead atoms. The van der Waals surface area contributed by atoms with E-state index >= 15 is 0 Å². The number of nitrogens with zero attached hydrogens (tertiary/aromatic N) is 1. The Bertz CT molecular complexity index is 503. The molecule has 0 aromatic heterocycles. The third-order valence-corrected chi connectivity index (χ3v) is 4.97. The molecule has 0 aliphatic heterocycles. The predicted molar refractivity (Wildman–Crippen MR) is 82.5 cm³/mol. The standard InChI is InChI=1S/C13H21BrN2O2S/c1-11(2)15-7-8-19(17,18)16(3)10-12-5-4-6-13(14)9-12/h4-6,9,11,15H,7-8,10H2,1-3H3. The van der Waals surface area contributed by atoms with Crippen LogP contribution in [0.1, 0.15) is 19.4 Å². The maximum Gasteiger partial charge on any atom is 0.215 e. The van der Waals surface area contributed by atoms with E-state index in [0.717, 1.165) is 10.0 Å². The summed E-state index contributed by atoms with van der Waals surface area (Å²) in [6.07, 6.45) is 0. The van der Waals surface area contributed by atoms with E-state index in [0.29, 0.717) is 19.1 Å². The minimum Gasteiger partial charge on any atom is -0.313 e. The highest BCUT2D eigenvalue weighted by atomic mass is 79.9. The van der Waals surface area contributed by atoms with Crippen LogP contribution in [0.2, 0.25) is 0 Å². The van der Waals surface area contributed by atoms with E-state index in [9.17, 15) is 8.42 Å². The summed E-state index contributed by atoms with van der Waals surface area (Å²) in [7, 11) is -1.59. The monoisotopic (exact) mass is 348 g/mol. The summed E-state index contributed by atoms with van der Waals surface area (Å²) in [6, 6.07) is 7.97. The largest absolute Gasteiger partial charge is 0.313 e. The van der Waals surface area contributed by atoms with Crippen LogP contribution in [0.15, 0.2) is 28.7 Å². The first kappa shape index (κ1) is 16.6.